The predicted molar refractivity (Wildman–Crippen MR) is 206 cm³/mol. The lowest BCUT2D eigenvalue weighted by Gasteiger charge is -2.34. The zero-order valence-corrected chi connectivity index (χ0v) is 30.3. The zero-order chi connectivity index (χ0) is 36.4. The fourth-order valence-corrected chi connectivity index (χ4v) is 8.29. The van der Waals surface area contributed by atoms with Crippen molar-refractivity contribution in [1.29, 1.82) is 0 Å². The van der Waals surface area contributed by atoms with Gasteiger partial charge in [-0.25, -0.2) is 23.7 Å². The van der Waals surface area contributed by atoms with Crippen molar-refractivity contribution in [1.82, 2.24) is 34.7 Å². The number of ether oxygens (including phenoxy) is 1. The van der Waals surface area contributed by atoms with Crippen molar-refractivity contribution in [3.05, 3.63) is 108 Å². The molecule has 12 heteroatoms. The van der Waals surface area contributed by atoms with Crippen molar-refractivity contribution in [2.45, 2.75) is 43.9 Å². The Hall–Kier alpha value is -5.51. The smallest absolute Gasteiger partial charge is 0.410 e. The number of pyridine rings is 1. The lowest BCUT2D eigenvalue weighted by Crippen LogP contribution is -2.46. The second-order valence-corrected chi connectivity index (χ2v) is 14.6. The molecule has 1 N–H and O–H groups in total. The number of carbonyl (C=O) groups is 1. The minimum atomic E-state index is -0.265. The molecule has 0 bridgehead atoms. The third-order valence-corrected chi connectivity index (χ3v) is 11.2. The SMILES string of the molecule is O=C1O[C@@H](c2cccc(C#CCN3CCN(c4cccc(-c5cnc6ccc(N7CCC[C@@H]7c7cccc(F)c7)nn56)n4)CC3)c2)CN1C1CCCNC1. The molecule has 0 spiro atoms. The van der Waals surface area contributed by atoms with Gasteiger partial charge in [0.05, 0.1) is 31.0 Å². The third kappa shape index (κ3) is 7.09. The van der Waals surface area contributed by atoms with E-state index in [1.165, 1.54) is 6.07 Å². The predicted octanol–water partition coefficient (Wildman–Crippen LogP) is 5.69. The second kappa shape index (κ2) is 15.1. The number of anilines is 2. The highest BCUT2D eigenvalue weighted by Gasteiger charge is 2.37. The molecule has 4 fully saturated rings. The molecule has 4 aliphatic heterocycles. The highest BCUT2D eigenvalue weighted by Crippen LogP contribution is 2.36. The van der Waals surface area contributed by atoms with Crippen molar-refractivity contribution in [3.8, 4) is 23.2 Å². The molecule has 0 aliphatic carbocycles. The maximum atomic E-state index is 14.1. The number of amides is 1. The molecular weight excluding hydrogens is 682 g/mol. The Bertz CT molecular complexity index is 2200. The van der Waals surface area contributed by atoms with Gasteiger partial charge in [-0.15, -0.1) is 5.10 Å². The molecule has 3 atom stereocenters. The van der Waals surface area contributed by atoms with E-state index in [0.717, 1.165) is 117 Å². The number of halogens is 1. The molecule has 9 rings (SSSR count). The Balaban J connectivity index is 0.826. The molecule has 7 heterocycles. The van der Waals surface area contributed by atoms with Gasteiger partial charge in [0.2, 0.25) is 0 Å². The summed E-state index contributed by atoms with van der Waals surface area (Å²) in [6.07, 6.45) is 5.42. The van der Waals surface area contributed by atoms with Gasteiger partial charge in [-0.05, 0) is 91.9 Å². The number of rotatable bonds is 7. The average molecular weight is 726 g/mol. The van der Waals surface area contributed by atoms with E-state index < -0.39 is 0 Å². The van der Waals surface area contributed by atoms with Crippen LogP contribution in [0.3, 0.4) is 0 Å². The lowest BCUT2D eigenvalue weighted by molar-refractivity contribution is 0.125. The molecule has 0 radical (unpaired) electrons. The first-order valence-electron chi connectivity index (χ1n) is 19.1. The minimum Gasteiger partial charge on any atom is -0.439 e. The molecular formula is C42H44FN9O2. The summed E-state index contributed by atoms with van der Waals surface area (Å²) in [5, 5.41) is 8.43. The van der Waals surface area contributed by atoms with Crippen LogP contribution < -0.4 is 15.1 Å². The molecule has 2 aromatic carbocycles. The van der Waals surface area contributed by atoms with Gasteiger partial charge in [0, 0.05) is 50.9 Å². The second-order valence-electron chi connectivity index (χ2n) is 14.6. The summed E-state index contributed by atoms with van der Waals surface area (Å²) in [6, 6.07) is 25.4. The first-order valence-corrected chi connectivity index (χ1v) is 19.1. The average Bonchev–Trinajstić information content (AvgIpc) is 3.97. The number of imidazole rings is 1. The summed E-state index contributed by atoms with van der Waals surface area (Å²) in [7, 11) is 0. The number of aromatic nitrogens is 4. The molecule has 0 saturated carbocycles. The van der Waals surface area contributed by atoms with Gasteiger partial charge in [0.15, 0.2) is 5.65 Å². The fourth-order valence-electron chi connectivity index (χ4n) is 8.29. The van der Waals surface area contributed by atoms with E-state index in [2.05, 4.69) is 49.0 Å². The van der Waals surface area contributed by atoms with Crippen molar-refractivity contribution >= 4 is 23.4 Å². The maximum absolute atomic E-state index is 14.1. The summed E-state index contributed by atoms with van der Waals surface area (Å²) < 4.78 is 21.7. The van der Waals surface area contributed by atoms with Gasteiger partial charge in [-0.1, -0.05) is 42.2 Å². The molecule has 3 aromatic heterocycles. The minimum absolute atomic E-state index is 0.0790. The van der Waals surface area contributed by atoms with Crippen LogP contribution in [-0.2, 0) is 4.74 Å². The van der Waals surface area contributed by atoms with Crippen LogP contribution in [0.25, 0.3) is 17.0 Å². The number of hydrogen-bond donors (Lipinski definition) is 1. The van der Waals surface area contributed by atoms with E-state index in [1.54, 1.807) is 12.1 Å². The molecule has 1 amide bonds. The zero-order valence-electron chi connectivity index (χ0n) is 30.3. The Morgan fingerprint density at radius 2 is 1.74 bits per heavy atom. The quantitative estimate of drug-likeness (QED) is 0.213. The standard InChI is InChI=1S/C42H44FN9O2/c43-33-11-2-9-31(26-33)36-14-6-20-50(36)41-17-16-39-45-28-37(52(39)47-41)35-13-3-15-40(46-35)49-23-21-48(22-24-49)19-5-8-30-7-1-10-32(25-30)38-29-51(42(53)54-38)34-12-4-18-44-27-34/h1-3,7,9-11,13,15-17,25-26,28,34,36,38,44H,4,6,12,14,18-24,27,29H2/t34?,36-,38-/m1/s1. The number of cyclic esters (lactones) is 1. The number of nitrogens with zero attached hydrogens (tertiary/aromatic N) is 8. The maximum Gasteiger partial charge on any atom is 0.410 e. The van der Waals surface area contributed by atoms with E-state index in [-0.39, 0.29) is 30.1 Å². The number of carbonyl (C=O) groups excluding carboxylic acids is 1. The van der Waals surface area contributed by atoms with Crippen molar-refractivity contribution in [2.75, 3.05) is 68.7 Å². The molecule has 54 heavy (non-hydrogen) atoms. The van der Waals surface area contributed by atoms with Gasteiger partial charge in [0.1, 0.15) is 29.3 Å². The Morgan fingerprint density at radius 3 is 2.61 bits per heavy atom. The van der Waals surface area contributed by atoms with Crippen LogP contribution in [0.5, 0.6) is 0 Å². The van der Waals surface area contributed by atoms with Crippen LogP contribution in [0.15, 0.2) is 85.1 Å². The monoisotopic (exact) mass is 725 g/mol. The summed E-state index contributed by atoms with van der Waals surface area (Å²) in [5.41, 5.74) is 5.30. The van der Waals surface area contributed by atoms with Gasteiger partial charge >= 0.3 is 6.09 Å². The molecule has 276 valence electrons. The van der Waals surface area contributed by atoms with E-state index in [0.29, 0.717) is 13.1 Å². The van der Waals surface area contributed by atoms with Crippen LogP contribution in [0, 0.1) is 17.7 Å². The lowest BCUT2D eigenvalue weighted by atomic mass is 10.0. The van der Waals surface area contributed by atoms with Gasteiger partial charge in [0.25, 0.3) is 0 Å². The number of nitrogens with one attached hydrogen (secondary N) is 1. The first-order chi connectivity index (χ1) is 26.6. The Labute approximate surface area is 314 Å². The van der Waals surface area contributed by atoms with Crippen molar-refractivity contribution in [3.63, 3.8) is 0 Å². The molecule has 4 saturated heterocycles. The largest absolute Gasteiger partial charge is 0.439 e. The highest BCUT2D eigenvalue weighted by atomic mass is 19.1. The normalized spacial score (nSPS) is 22.1. The van der Waals surface area contributed by atoms with Gasteiger partial charge in [-0.3, -0.25) is 9.80 Å². The van der Waals surface area contributed by atoms with Crippen LogP contribution in [-0.4, -0.2) is 100 Å². The Kier molecular flexibility index (Phi) is 9.57. The van der Waals surface area contributed by atoms with Crippen LogP contribution in [0.1, 0.15) is 54.5 Å². The number of benzene rings is 2. The number of piperidine rings is 1. The van der Waals surface area contributed by atoms with E-state index in [4.69, 9.17) is 14.8 Å². The number of fused-ring (bicyclic) bond motifs is 1. The third-order valence-electron chi connectivity index (χ3n) is 11.2. The number of piperazine rings is 1. The summed E-state index contributed by atoms with van der Waals surface area (Å²) >= 11 is 0. The van der Waals surface area contributed by atoms with Crippen LogP contribution in [0.4, 0.5) is 20.8 Å². The van der Waals surface area contributed by atoms with E-state index in [1.807, 2.05) is 64.1 Å². The summed E-state index contributed by atoms with van der Waals surface area (Å²) in [4.78, 5) is 31.2. The molecule has 5 aromatic rings. The van der Waals surface area contributed by atoms with Gasteiger partial charge in [-0.2, -0.15) is 0 Å². The molecule has 4 aliphatic rings. The summed E-state index contributed by atoms with van der Waals surface area (Å²) in [5.74, 6) is 8.27. The highest BCUT2D eigenvalue weighted by molar-refractivity contribution is 5.71. The first kappa shape index (κ1) is 34.3. The molecule has 11 nitrogen and oxygen atoms in total. The fraction of sp³-hybridized carbons (Fsp3) is 0.381. The van der Waals surface area contributed by atoms with Crippen molar-refractivity contribution in [2.24, 2.45) is 0 Å². The topological polar surface area (TPSA) is 94.4 Å². The van der Waals surface area contributed by atoms with E-state index >= 15 is 0 Å². The summed E-state index contributed by atoms with van der Waals surface area (Å²) in [6.45, 7) is 7.42. The van der Waals surface area contributed by atoms with Crippen molar-refractivity contribution < 1.29 is 13.9 Å². The molecule has 1 unspecified atom stereocenters. The van der Waals surface area contributed by atoms with Crippen LogP contribution in [0.2, 0.25) is 0 Å². The van der Waals surface area contributed by atoms with Crippen LogP contribution >= 0.6 is 0 Å². The Morgan fingerprint density at radius 1 is 0.870 bits per heavy atom. The number of hydrogen-bond acceptors (Lipinski definition) is 9. The van der Waals surface area contributed by atoms with Gasteiger partial charge < -0.3 is 19.9 Å². The van der Waals surface area contributed by atoms with E-state index in [9.17, 15) is 9.18 Å².